The Kier molecular flexibility index (Phi) is 7.05. The van der Waals surface area contributed by atoms with Gasteiger partial charge < -0.3 is 23.8 Å². The number of amides is 1. The summed E-state index contributed by atoms with van der Waals surface area (Å²) in [6, 6.07) is 10.9. The smallest absolute Gasteiger partial charge is 0.316 e. The molecule has 1 amide bonds. The number of carbonyl (C=O) groups excluding carboxylic acids is 2. The van der Waals surface area contributed by atoms with Crippen LogP contribution in [-0.2, 0) is 9.59 Å². The van der Waals surface area contributed by atoms with Gasteiger partial charge in [0.15, 0.2) is 11.5 Å². The fourth-order valence-corrected chi connectivity index (χ4v) is 3.73. The van der Waals surface area contributed by atoms with E-state index in [0.717, 1.165) is 12.0 Å². The second-order valence-corrected chi connectivity index (χ2v) is 7.56. The number of esters is 1. The highest BCUT2D eigenvalue weighted by molar-refractivity contribution is 6.00. The molecular weight excluding hydrogens is 398 g/mol. The molecule has 1 fully saturated rings. The lowest BCUT2D eigenvalue weighted by atomic mass is 9.98. The number of anilines is 1. The first kappa shape index (κ1) is 22.5. The number of rotatable bonds is 8. The number of ether oxygens (including phenoxy) is 4. The molecule has 2 aromatic carbocycles. The van der Waals surface area contributed by atoms with E-state index in [0.29, 0.717) is 28.7 Å². The van der Waals surface area contributed by atoms with E-state index in [4.69, 9.17) is 18.9 Å². The lowest BCUT2D eigenvalue weighted by Crippen LogP contribution is -2.27. The van der Waals surface area contributed by atoms with Gasteiger partial charge >= 0.3 is 5.97 Å². The topological polar surface area (TPSA) is 74.3 Å². The maximum absolute atomic E-state index is 12.9. The average molecular weight is 427 g/mol. The van der Waals surface area contributed by atoms with Crippen molar-refractivity contribution in [2.75, 3.05) is 32.8 Å². The van der Waals surface area contributed by atoms with Crippen LogP contribution >= 0.6 is 0 Å². The monoisotopic (exact) mass is 427 g/mol. The molecule has 0 saturated carbocycles. The number of hydrogen-bond acceptors (Lipinski definition) is 6. The van der Waals surface area contributed by atoms with Gasteiger partial charge in [0.1, 0.15) is 5.75 Å². The highest BCUT2D eigenvalue weighted by Crippen LogP contribution is 2.42. The zero-order valence-electron chi connectivity index (χ0n) is 18.6. The van der Waals surface area contributed by atoms with Crippen molar-refractivity contribution in [1.29, 1.82) is 0 Å². The van der Waals surface area contributed by atoms with Crippen molar-refractivity contribution in [3.8, 4) is 23.0 Å². The zero-order valence-corrected chi connectivity index (χ0v) is 18.6. The molecule has 7 nitrogen and oxygen atoms in total. The molecule has 0 N–H and O–H groups in total. The van der Waals surface area contributed by atoms with E-state index in [2.05, 4.69) is 13.8 Å². The summed E-state index contributed by atoms with van der Waals surface area (Å²) in [6.07, 6.45) is 1.02. The Bertz CT molecular complexity index is 932. The van der Waals surface area contributed by atoms with Crippen LogP contribution < -0.4 is 23.8 Å². The van der Waals surface area contributed by atoms with Gasteiger partial charge in [0.05, 0.1) is 32.9 Å². The summed E-state index contributed by atoms with van der Waals surface area (Å²) in [6.45, 7) is 4.41. The quantitative estimate of drug-likeness (QED) is 0.465. The predicted molar refractivity (Wildman–Crippen MR) is 117 cm³/mol. The minimum atomic E-state index is -0.559. The molecule has 166 valence electrons. The van der Waals surface area contributed by atoms with E-state index < -0.39 is 11.9 Å². The maximum Gasteiger partial charge on any atom is 0.316 e. The van der Waals surface area contributed by atoms with Gasteiger partial charge in [-0.05, 0) is 24.0 Å². The normalized spacial score (nSPS) is 16.7. The molecule has 2 unspecified atom stereocenters. The molecule has 0 radical (unpaired) electrons. The van der Waals surface area contributed by atoms with E-state index in [-0.39, 0.29) is 24.8 Å². The van der Waals surface area contributed by atoms with E-state index in [1.165, 1.54) is 21.3 Å². The molecule has 0 spiro atoms. The molecule has 0 bridgehead atoms. The number of methoxy groups -OCH3 is 3. The lowest BCUT2D eigenvalue weighted by Gasteiger charge is -2.20. The summed E-state index contributed by atoms with van der Waals surface area (Å²) in [7, 11) is 4.55. The molecule has 0 aromatic heterocycles. The summed E-state index contributed by atoms with van der Waals surface area (Å²) in [4.78, 5) is 27.2. The Hall–Kier alpha value is -3.22. The molecule has 0 aliphatic carbocycles. The van der Waals surface area contributed by atoms with Gasteiger partial charge in [-0.1, -0.05) is 32.0 Å². The molecular formula is C24H29NO6. The van der Waals surface area contributed by atoms with Crippen LogP contribution in [0.5, 0.6) is 23.0 Å². The van der Waals surface area contributed by atoms with Crippen LogP contribution in [-0.4, -0.2) is 39.8 Å². The third-order valence-electron chi connectivity index (χ3n) is 5.69. The van der Waals surface area contributed by atoms with Gasteiger partial charge in [-0.15, -0.1) is 0 Å². The molecule has 1 heterocycles. The Morgan fingerprint density at radius 2 is 1.71 bits per heavy atom. The molecule has 1 aliphatic rings. The number of carbonyl (C=O) groups is 2. The first-order chi connectivity index (χ1) is 14.9. The van der Waals surface area contributed by atoms with Crippen molar-refractivity contribution in [2.45, 2.75) is 32.6 Å². The van der Waals surface area contributed by atoms with Crippen LogP contribution in [0.3, 0.4) is 0 Å². The Balaban J connectivity index is 1.80. The van der Waals surface area contributed by atoms with Crippen LogP contribution in [0.1, 0.15) is 38.2 Å². The van der Waals surface area contributed by atoms with E-state index >= 15 is 0 Å². The van der Waals surface area contributed by atoms with Gasteiger partial charge in [0.2, 0.25) is 11.7 Å². The fourth-order valence-electron chi connectivity index (χ4n) is 3.73. The zero-order chi connectivity index (χ0) is 22.5. The standard InChI is InChI=1S/C24H29NO6/c1-6-15(2)18-9-7-8-10-19(18)31-24(27)16-11-22(26)25(14-16)17-12-20(28-3)23(30-5)21(13-17)29-4/h7-10,12-13,15-16H,6,11,14H2,1-5H3. The van der Waals surface area contributed by atoms with Crippen LogP contribution in [0.2, 0.25) is 0 Å². The van der Waals surface area contributed by atoms with Crippen molar-refractivity contribution >= 4 is 17.6 Å². The minimum absolute atomic E-state index is 0.0843. The lowest BCUT2D eigenvalue weighted by molar-refractivity contribution is -0.139. The second-order valence-electron chi connectivity index (χ2n) is 7.56. The average Bonchev–Trinajstić information content (AvgIpc) is 3.19. The molecule has 7 heteroatoms. The number of benzene rings is 2. The van der Waals surface area contributed by atoms with Crippen molar-refractivity contribution < 1.29 is 28.5 Å². The van der Waals surface area contributed by atoms with Crippen LogP contribution in [0, 0.1) is 5.92 Å². The van der Waals surface area contributed by atoms with Crippen molar-refractivity contribution in [3.05, 3.63) is 42.0 Å². The molecule has 2 atom stereocenters. The van der Waals surface area contributed by atoms with E-state index in [1.807, 2.05) is 18.2 Å². The molecule has 3 rings (SSSR count). The Morgan fingerprint density at radius 3 is 2.29 bits per heavy atom. The Morgan fingerprint density at radius 1 is 1.06 bits per heavy atom. The van der Waals surface area contributed by atoms with Gasteiger partial charge in [0, 0.05) is 25.1 Å². The molecule has 1 aliphatic heterocycles. The van der Waals surface area contributed by atoms with Gasteiger partial charge in [-0.3, -0.25) is 9.59 Å². The van der Waals surface area contributed by atoms with Crippen molar-refractivity contribution in [3.63, 3.8) is 0 Å². The largest absolute Gasteiger partial charge is 0.493 e. The fraction of sp³-hybridized carbons (Fsp3) is 0.417. The first-order valence-corrected chi connectivity index (χ1v) is 10.3. The van der Waals surface area contributed by atoms with Crippen LogP contribution in [0.15, 0.2) is 36.4 Å². The summed E-state index contributed by atoms with van der Waals surface area (Å²) < 4.78 is 21.8. The third-order valence-corrected chi connectivity index (χ3v) is 5.69. The summed E-state index contributed by atoms with van der Waals surface area (Å²) in [5.74, 6) is 1.03. The van der Waals surface area contributed by atoms with E-state index in [1.54, 1.807) is 23.1 Å². The highest BCUT2D eigenvalue weighted by Gasteiger charge is 2.37. The maximum atomic E-state index is 12.9. The molecule has 31 heavy (non-hydrogen) atoms. The van der Waals surface area contributed by atoms with Crippen LogP contribution in [0.4, 0.5) is 5.69 Å². The second kappa shape index (κ2) is 9.73. The van der Waals surface area contributed by atoms with Crippen LogP contribution in [0.25, 0.3) is 0 Å². The molecule has 1 saturated heterocycles. The van der Waals surface area contributed by atoms with Crippen molar-refractivity contribution in [2.24, 2.45) is 5.92 Å². The number of hydrogen-bond donors (Lipinski definition) is 0. The third kappa shape index (κ3) is 4.60. The van der Waals surface area contributed by atoms with E-state index in [9.17, 15) is 9.59 Å². The summed E-state index contributed by atoms with van der Waals surface area (Å²) in [5, 5.41) is 0. The van der Waals surface area contributed by atoms with Gasteiger partial charge in [-0.25, -0.2) is 0 Å². The SMILES string of the molecule is CCC(C)c1ccccc1OC(=O)C1CC(=O)N(c2cc(OC)c(OC)c(OC)c2)C1. The summed E-state index contributed by atoms with van der Waals surface area (Å²) in [5.41, 5.74) is 1.57. The number of para-hydroxylation sites is 1. The molecule has 2 aromatic rings. The van der Waals surface area contributed by atoms with Gasteiger partial charge in [0.25, 0.3) is 0 Å². The number of nitrogens with zero attached hydrogens (tertiary/aromatic N) is 1. The first-order valence-electron chi connectivity index (χ1n) is 10.3. The minimum Gasteiger partial charge on any atom is -0.493 e. The summed E-state index contributed by atoms with van der Waals surface area (Å²) >= 11 is 0. The predicted octanol–water partition coefficient (Wildman–Crippen LogP) is 4.18. The Labute approximate surface area is 182 Å². The van der Waals surface area contributed by atoms with Crippen molar-refractivity contribution in [1.82, 2.24) is 0 Å². The highest BCUT2D eigenvalue weighted by atomic mass is 16.5. The van der Waals surface area contributed by atoms with Gasteiger partial charge in [-0.2, -0.15) is 0 Å².